The summed E-state index contributed by atoms with van der Waals surface area (Å²) in [6.07, 6.45) is 0. The molecule has 6 nitrogen and oxygen atoms in total. The van der Waals surface area contributed by atoms with E-state index in [4.69, 9.17) is 25.5 Å². The fraction of sp³-hybridized carbons (Fsp3) is 0.130. The summed E-state index contributed by atoms with van der Waals surface area (Å²) >= 11 is 6.01. The van der Waals surface area contributed by atoms with Crippen LogP contribution in [0.15, 0.2) is 65.1 Å². The first-order valence-corrected chi connectivity index (χ1v) is 9.64. The maximum Gasteiger partial charge on any atom is 0.262 e. The molecule has 0 bridgehead atoms. The number of benzene rings is 3. The SMILES string of the molecule is COc1ccc(-c2nc3ccccc3o2)cc1NC(=O)COc1ccc(Cl)c(C)c1. The van der Waals surface area contributed by atoms with Crippen molar-refractivity contribution in [3.05, 3.63) is 71.2 Å². The molecule has 4 aromatic rings. The standard InChI is InChI=1S/C23H19ClN2O4/c1-14-11-16(8-9-17(14)24)29-13-22(27)25-19-12-15(7-10-20(19)28-2)23-26-18-5-3-4-6-21(18)30-23/h3-12H,13H2,1-2H3,(H,25,27). The molecule has 0 aliphatic carbocycles. The van der Waals surface area contributed by atoms with Gasteiger partial charge >= 0.3 is 0 Å². The van der Waals surface area contributed by atoms with Crippen molar-refractivity contribution in [2.24, 2.45) is 0 Å². The average Bonchev–Trinajstić information content (AvgIpc) is 3.19. The van der Waals surface area contributed by atoms with Crippen LogP contribution in [-0.4, -0.2) is 24.6 Å². The van der Waals surface area contributed by atoms with Gasteiger partial charge in [0.15, 0.2) is 12.2 Å². The Kier molecular flexibility index (Phi) is 5.59. The predicted octanol–water partition coefficient (Wildman–Crippen LogP) is 5.48. The van der Waals surface area contributed by atoms with Crippen LogP contribution in [0.25, 0.3) is 22.6 Å². The van der Waals surface area contributed by atoms with E-state index in [-0.39, 0.29) is 12.5 Å². The summed E-state index contributed by atoms with van der Waals surface area (Å²) in [5.74, 6) is 1.22. The lowest BCUT2D eigenvalue weighted by atomic mass is 10.2. The molecule has 0 fully saturated rings. The number of halogens is 1. The normalized spacial score (nSPS) is 10.8. The second-order valence-electron chi connectivity index (χ2n) is 6.65. The van der Waals surface area contributed by atoms with Crippen LogP contribution in [0, 0.1) is 6.92 Å². The molecular weight excluding hydrogens is 404 g/mol. The second kappa shape index (κ2) is 8.47. The van der Waals surface area contributed by atoms with E-state index in [1.807, 2.05) is 37.3 Å². The van der Waals surface area contributed by atoms with Crippen LogP contribution in [0.2, 0.25) is 5.02 Å². The zero-order valence-electron chi connectivity index (χ0n) is 16.4. The number of para-hydroxylation sites is 2. The Labute approximate surface area is 178 Å². The first kappa shape index (κ1) is 19.8. The molecule has 0 atom stereocenters. The van der Waals surface area contributed by atoms with Gasteiger partial charge in [-0.2, -0.15) is 0 Å². The number of aromatic nitrogens is 1. The molecule has 30 heavy (non-hydrogen) atoms. The van der Waals surface area contributed by atoms with Crippen molar-refractivity contribution in [2.75, 3.05) is 19.0 Å². The van der Waals surface area contributed by atoms with Crippen LogP contribution in [0.4, 0.5) is 5.69 Å². The largest absolute Gasteiger partial charge is 0.495 e. The Morgan fingerprint density at radius 2 is 1.97 bits per heavy atom. The highest BCUT2D eigenvalue weighted by molar-refractivity contribution is 6.31. The van der Waals surface area contributed by atoms with Crippen LogP contribution < -0.4 is 14.8 Å². The Hall–Kier alpha value is -3.51. The summed E-state index contributed by atoms with van der Waals surface area (Å²) in [7, 11) is 1.54. The van der Waals surface area contributed by atoms with Crippen LogP contribution in [0.5, 0.6) is 11.5 Å². The minimum Gasteiger partial charge on any atom is -0.495 e. The van der Waals surface area contributed by atoms with Crippen molar-refractivity contribution in [1.82, 2.24) is 4.98 Å². The molecule has 0 saturated heterocycles. The minimum absolute atomic E-state index is 0.155. The van der Waals surface area contributed by atoms with E-state index in [0.29, 0.717) is 33.7 Å². The number of nitrogens with zero attached hydrogens (tertiary/aromatic N) is 1. The maximum atomic E-state index is 12.4. The molecule has 152 valence electrons. The van der Waals surface area contributed by atoms with Gasteiger partial charge in [-0.15, -0.1) is 0 Å². The molecule has 1 amide bonds. The molecule has 3 aromatic carbocycles. The molecule has 1 heterocycles. The van der Waals surface area contributed by atoms with E-state index in [2.05, 4.69) is 10.3 Å². The first-order valence-electron chi connectivity index (χ1n) is 9.26. The zero-order chi connectivity index (χ0) is 21.1. The quantitative estimate of drug-likeness (QED) is 0.445. The van der Waals surface area contributed by atoms with Gasteiger partial charge in [-0.25, -0.2) is 4.98 Å². The number of oxazole rings is 1. The van der Waals surface area contributed by atoms with Gasteiger partial charge in [-0.3, -0.25) is 4.79 Å². The molecule has 0 aliphatic heterocycles. The maximum absolute atomic E-state index is 12.4. The number of hydrogen-bond acceptors (Lipinski definition) is 5. The van der Waals surface area contributed by atoms with E-state index < -0.39 is 0 Å². The van der Waals surface area contributed by atoms with Gasteiger partial charge in [0.05, 0.1) is 12.8 Å². The fourth-order valence-electron chi connectivity index (χ4n) is 2.98. The van der Waals surface area contributed by atoms with E-state index in [0.717, 1.165) is 16.6 Å². The van der Waals surface area contributed by atoms with Crippen molar-refractivity contribution >= 4 is 34.3 Å². The number of carbonyl (C=O) groups is 1. The molecule has 1 N–H and O–H groups in total. The van der Waals surface area contributed by atoms with Gasteiger partial charge in [-0.1, -0.05) is 23.7 Å². The average molecular weight is 423 g/mol. The molecule has 0 aliphatic rings. The summed E-state index contributed by atoms with van der Waals surface area (Å²) < 4.78 is 16.7. The number of aryl methyl sites for hydroxylation is 1. The number of nitrogens with one attached hydrogen (secondary N) is 1. The van der Waals surface area contributed by atoms with Crippen molar-refractivity contribution in [2.45, 2.75) is 6.92 Å². The highest BCUT2D eigenvalue weighted by Gasteiger charge is 2.14. The zero-order valence-corrected chi connectivity index (χ0v) is 17.2. The molecule has 0 unspecified atom stereocenters. The Balaban J connectivity index is 1.51. The van der Waals surface area contributed by atoms with Gasteiger partial charge in [0, 0.05) is 10.6 Å². The summed E-state index contributed by atoms with van der Waals surface area (Å²) in [6, 6.07) is 18.1. The van der Waals surface area contributed by atoms with Crippen LogP contribution in [-0.2, 0) is 4.79 Å². The van der Waals surface area contributed by atoms with Crippen molar-refractivity contribution < 1.29 is 18.7 Å². The number of rotatable bonds is 6. The van der Waals surface area contributed by atoms with Crippen LogP contribution >= 0.6 is 11.6 Å². The van der Waals surface area contributed by atoms with E-state index in [1.54, 1.807) is 30.3 Å². The van der Waals surface area contributed by atoms with Crippen molar-refractivity contribution in [3.8, 4) is 23.0 Å². The molecule has 4 rings (SSSR count). The summed E-state index contributed by atoms with van der Waals surface area (Å²) in [6.45, 7) is 1.72. The number of fused-ring (bicyclic) bond motifs is 1. The highest BCUT2D eigenvalue weighted by Crippen LogP contribution is 2.32. The highest BCUT2D eigenvalue weighted by atomic mass is 35.5. The third kappa shape index (κ3) is 4.23. The predicted molar refractivity (Wildman–Crippen MR) is 116 cm³/mol. The lowest BCUT2D eigenvalue weighted by Gasteiger charge is -2.12. The molecule has 7 heteroatoms. The van der Waals surface area contributed by atoms with Crippen molar-refractivity contribution in [1.29, 1.82) is 0 Å². The van der Waals surface area contributed by atoms with Gasteiger partial charge in [0.1, 0.15) is 17.0 Å². The topological polar surface area (TPSA) is 73.6 Å². The minimum atomic E-state index is -0.324. The summed E-state index contributed by atoms with van der Waals surface area (Å²) in [5.41, 5.74) is 3.55. The number of methoxy groups -OCH3 is 1. The molecule has 0 spiro atoms. The molecule has 1 aromatic heterocycles. The van der Waals surface area contributed by atoms with Gasteiger partial charge < -0.3 is 19.2 Å². The van der Waals surface area contributed by atoms with E-state index in [9.17, 15) is 4.79 Å². The molecule has 0 saturated carbocycles. The number of ether oxygens (including phenoxy) is 2. The summed E-state index contributed by atoms with van der Waals surface area (Å²) in [5, 5.41) is 3.46. The monoisotopic (exact) mass is 422 g/mol. The number of hydrogen-bond donors (Lipinski definition) is 1. The Bertz CT molecular complexity index is 1190. The molecule has 0 radical (unpaired) electrons. The van der Waals surface area contributed by atoms with Crippen LogP contribution in [0.1, 0.15) is 5.56 Å². The fourth-order valence-corrected chi connectivity index (χ4v) is 3.09. The first-order chi connectivity index (χ1) is 14.5. The smallest absolute Gasteiger partial charge is 0.262 e. The Morgan fingerprint density at radius 3 is 2.73 bits per heavy atom. The number of carbonyl (C=O) groups excluding carboxylic acids is 1. The van der Waals surface area contributed by atoms with Gasteiger partial charge in [0.25, 0.3) is 5.91 Å². The molecular formula is C23H19ClN2O4. The summed E-state index contributed by atoms with van der Waals surface area (Å²) in [4.78, 5) is 16.9. The number of anilines is 1. The lowest BCUT2D eigenvalue weighted by Crippen LogP contribution is -2.20. The Morgan fingerprint density at radius 1 is 1.13 bits per heavy atom. The van der Waals surface area contributed by atoms with E-state index >= 15 is 0 Å². The van der Waals surface area contributed by atoms with Crippen LogP contribution in [0.3, 0.4) is 0 Å². The lowest BCUT2D eigenvalue weighted by molar-refractivity contribution is -0.118. The van der Waals surface area contributed by atoms with Gasteiger partial charge in [0.2, 0.25) is 5.89 Å². The van der Waals surface area contributed by atoms with Crippen molar-refractivity contribution in [3.63, 3.8) is 0 Å². The third-order valence-electron chi connectivity index (χ3n) is 4.51. The number of amides is 1. The van der Waals surface area contributed by atoms with Gasteiger partial charge in [-0.05, 0) is 61.0 Å². The van der Waals surface area contributed by atoms with E-state index in [1.165, 1.54) is 7.11 Å². The third-order valence-corrected chi connectivity index (χ3v) is 4.94. The second-order valence-corrected chi connectivity index (χ2v) is 7.06.